The molecule has 0 unspecified atom stereocenters. The summed E-state index contributed by atoms with van der Waals surface area (Å²) in [5, 5.41) is 11.8. The molecule has 0 fully saturated rings. The van der Waals surface area contributed by atoms with E-state index in [1.807, 2.05) is 0 Å². The molecule has 196 valence electrons. The lowest BCUT2D eigenvalue weighted by Gasteiger charge is -2.21. The van der Waals surface area contributed by atoms with Crippen molar-refractivity contribution in [1.29, 1.82) is 0 Å². The molecule has 4 aromatic carbocycles. The van der Waals surface area contributed by atoms with Gasteiger partial charge in [-0.1, -0.05) is 112 Å². The molecule has 0 saturated carbocycles. The fourth-order valence-electron chi connectivity index (χ4n) is 5.24. The highest BCUT2D eigenvalue weighted by Crippen LogP contribution is 2.49. The minimum Gasteiger partial charge on any atom is -0.144 e. The van der Waals surface area contributed by atoms with Crippen LogP contribution in [-0.2, 0) is 0 Å². The molecule has 0 amide bonds. The summed E-state index contributed by atoms with van der Waals surface area (Å²) in [5.74, 6) is 7.58. The van der Waals surface area contributed by atoms with Crippen molar-refractivity contribution in [2.45, 2.75) is 39.3 Å². The van der Waals surface area contributed by atoms with Crippen molar-refractivity contribution in [3.63, 3.8) is 0 Å². The van der Waals surface area contributed by atoms with Gasteiger partial charge in [-0.05, 0) is 44.4 Å². The van der Waals surface area contributed by atoms with Gasteiger partial charge in [0.05, 0.1) is 0 Å². The molecule has 0 radical (unpaired) electrons. The summed E-state index contributed by atoms with van der Waals surface area (Å²) in [5.41, 5.74) is 12.3. The van der Waals surface area contributed by atoms with Crippen LogP contribution >= 0.6 is 22.7 Å². The minimum atomic E-state index is -1.65. The Kier molecular flexibility index (Phi) is 6.85. The summed E-state index contributed by atoms with van der Waals surface area (Å²) in [6.45, 7) is 13.9. The Morgan fingerprint density at radius 1 is 0.475 bits per heavy atom. The summed E-state index contributed by atoms with van der Waals surface area (Å²) < 4.78 is 0. The van der Waals surface area contributed by atoms with Gasteiger partial charge in [0, 0.05) is 42.8 Å². The molecule has 0 atom stereocenters. The maximum Gasteiger partial charge on any atom is 0.129 e. The molecule has 0 saturated heterocycles. The van der Waals surface area contributed by atoms with E-state index in [1.54, 1.807) is 22.7 Å². The average molecular weight is 585 g/mol. The number of hydrogen-bond donors (Lipinski definition) is 0. The Hall–Kier alpha value is -3.39. The Morgan fingerprint density at radius 2 is 0.850 bits per heavy atom. The molecule has 2 aromatic heterocycles. The molecule has 0 N–H and O–H groups in total. The zero-order valence-corrected chi connectivity index (χ0v) is 27.5. The molecule has 4 heteroatoms. The van der Waals surface area contributed by atoms with Gasteiger partial charge in [0.25, 0.3) is 0 Å². The second kappa shape index (κ2) is 10.2. The zero-order chi connectivity index (χ0) is 28.1. The monoisotopic (exact) mass is 584 g/mol. The van der Waals surface area contributed by atoms with Gasteiger partial charge in [0.1, 0.15) is 16.1 Å². The fraction of sp³-hybridized carbons (Fsp3) is 0.167. The van der Waals surface area contributed by atoms with E-state index in [0.717, 1.165) is 11.1 Å². The van der Waals surface area contributed by atoms with E-state index in [4.69, 9.17) is 0 Å². The highest BCUT2D eigenvalue weighted by molar-refractivity contribution is 7.14. The third-order valence-electron chi connectivity index (χ3n) is 6.84. The first-order valence-corrected chi connectivity index (χ1v) is 22.5. The molecule has 0 aliphatic rings. The van der Waals surface area contributed by atoms with Crippen molar-refractivity contribution >= 4 is 71.1 Å². The summed E-state index contributed by atoms with van der Waals surface area (Å²) >= 11 is 3.61. The Balaban J connectivity index is 2.01. The Labute approximate surface area is 247 Å². The van der Waals surface area contributed by atoms with Gasteiger partial charge in [-0.3, -0.25) is 0 Å². The predicted octanol–water partition coefficient (Wildman–Crippen LogP) is 11.1. The van der Waals surface area contributed by atoms with E-state index in [2.05, 4.69) is 146 Å². The number of benzene rings is 4. The first-order valence-electron chi connectivity index (χ1n) is 13.7. The maximum absolute atomic E-state index is 3.79. The topological polar surface area (TPSA) is 0 Å². The summed E-state index contributed by atoms with van der Waals surface area (Å²) in [4.78, 5) is 2.55. The van der Waals surface area contributed by atoms with Crippen LogP contribution in [0.25, 0.3) is 53.2 Å². The quantitative estimate of drug-likeness (QED) is 0.108. The molecule has 6 aromatic rings. The third kappa shape index (κ3) is 4.98. The van der Waals surface area contributed by atoms with E-state index < -0.39 is 16.1 Å². The lowest BCUT2D eigenvalue weighted by Crippen LogP contribution is -2.16. The van der Waals surface area contributed by atoms with Gasteiger partial charge in [-0.25, -0.2) is 0 Å². The molecule has 0 aliphatic heterocycles. The Morgan fingerprint density at radius 3 is 1.18 bits per heavy atom. The maximum atomic E-state index is 3.79. The highest BCUT2D eigenvalue weighted by atomic mass is 32.1. The molecule has 40 heavy (non-hydrogen) atoms. The predicted molar refractivity (Wildman–Crippen MR) is 186 cm³/mol. The second-order valence-electron chi connectivity index (χ2n) is 12.3. The second-order valence-corrected chi connectivity index (χ2v) is 23.7. The average Bonchev–Trinajstić information content (AvgIpc) is 3.63. The van der Waals surface area contributed by atoms with Gasteiger partial charge in [0.15, 0.2) is 0 Å². The van der Waals surface area contributed by atoms with Gasteiger partial charge in [-0.15, -0.1) is 33.8 Å². The van der Waals surface area contributed by atoms with Crippen LogP contribution in [0.15, 0.2) is 83.6 Å². The van der Waals surface area contributed by atoms with Gasteiger partial charge >= 0.3 is 0 Å². The van der Waals surface area contributed by atoms with E-state index in [9.17, 15) is 0 Å². The zero-order valence-electron chi connectivity index (χ0n) is 23.9. The van der Waals surface area contributed by atoms with Crippen LogP contribution in [0.5, 0.6) is 0 Å². The molecule has 0 bridgehead atoms. The third-order valence-corrected chi connectivity index (χ3v) is 10.4. The van der Waals surface area contributed by atoms with Crippen LogP contribution in [-0.4, -0.2) is 16.1 Å². The fourth-order valence-corrected chi connectivity index (χ4v) is 7.82. The molecule has 6 rings (SSSR count). The summed E-state index contributed by atoms with van der Waals surface area (Å²) in [6, 6.07) is 26.6. The lowest BCUT2D eigenvalue weighted by molar-refractivity contribution is 1.71. The summed E-state index contributed by atoms with van der Waals surface area (Å²) in [6.07, 6.45) is 0. The normalized spacial score (nSPS) is 11.8. The number of hydrogen-bond acceptors (Lipinski definition) is 2. The molecule has 0 aliphatic carbocycles. The largest absolute Gasteiger partial charge is 0.144 e. The standard InChI is InChI=1S/C36H32S2Si2/c1-39(2,3)23-19-29-25-13-7-8-14-26(25)30(20-24-40(4,5)6)36-34(32-18-12-22-38-32)28-16-10-9-15-27(28)33(35(29)36)31-17-11-21-37-31/h7-18,21-22H,1-6H3. The van der Waals surface area contributed by atoms with Crippen molar-refractivity contribution in [2.75, 3.05) is 0 Å². The highest BCUT2D eigenvalue weighted by Gasteiger charge is 2.24. The van der Waals surface area contributed by atoms with Crippen LogP contribution in [0.3, 0.4) is 0 Å². The first kappa shape index (κ1) is 26.8. The number of thiophene rings is 2. The van der Waals surface area contributed by atoms with E-state index >= 15 is 0 Å². The molecule has 0 spiro atoms. The Bertz CT molecular complexity index is 1860. The number of fused-ring (bicyclic) bond motifs is 3. The van der Waals surface area contributed by atoms with Gasteiger partial charge in [-0.2, -0.15) is 0 Å². The van der Waals surface area contributed by atoms with Crippen LogP contribution < -0.4 is 0 Å². The van der Waals surface area contributed by atoms with E-state index in [-0.39, 0.29) is 0 Å². The van der Waals surface area contributed by atoms with Crippen molar-refractivity contribution in [3.8, 4) is 43.8 Å². The number of rotatable bonds is 2. The molecule has 2 heterocycles. The van der Waals surface area contributed by atoms with Gasteiger partial charge in [0.2, 0.25) is 0 Å². The van der Waals surface area contributed by atoms with Crippen molar-refractivity contribution < 1.29 is 0 Å². The summed E-state index contributed by atoms with van der Waals surface area (Å²) in [7, 11) is -3.30. The minimum absolute atomic E-state index is 1.14. The van der Waals surface area contributed by atoms with Crippen molar-refractivity contribution in [2.24, 2.45) is 0 Å². The van der Waals surface area contributed by atoms with E-state index in [0.29, 0.717) is 0 Å². The molecule has 0 nitrogen and oxygen atoms in total. The smallest absolute Gasteiger partial charge is 0.129 e. The molecular formula is C36H32S2Si2. The van der Waals surface area contributed by atoms with Crippen molar-refractivity contribution in [1.82, 2.24) is 0 Å². The SMILES string of the molecule is C[Si](C)(C)C#Cc1c2ccccc2c(C#C[Si](C)(C)C)c2c(-c3cccs3)c3ccccc3c(-c3cccs3)c12. The van der Waals surface area contributed by atoms with E-state index in [1.165, 1.54) is 53.2 Å². The molecular weight excluding hydrogens is 553 g/mol. The van der Waals surface area contributed by atoms with Crippen LogP contribution in [0.1, 0.15) is 11.1 Å². The van der Waals surface area contributed by atoms with Crippen LogP contribution in [0.4, 0.5) is 0 Å². The van der Waals surface area contributed by atoms with Gasteiger partial charge < -0.3 is 0 Å². The van der Waals surface area contributed by atoms with Crippen LogP contribution in [0, 0.1) is 22.9 Å². The van der Waals surface area contributed by atoms with Crippen molar-refractivity contribution in [3.05, 3.63) is 94.7 Å². The first-order chi connectivity index (χ1) is 19.1. The van der Waals surface area contributed by atoms with Crippen LogP contribution in [0.2, 0.25) is 39.3 Å². The lowest BCUT2D eigenvalue weighted by atomic mass is 9.83.